The van der Waals surface area contributed by atoms with Crippen molar-refractivity contribution in [3.63, 3.8) is 0 Å². The number of rotatable bonds is 4. The summed E-state index contributed by atoms with van der Waals surface area (Å²) in [7, 11) is 1.59. The minimum Gasteiger partial charge on any atom is -0.496 e. The van der Waals surface area contributed by atoms with E-state index in [9.17, 15) is 9.59 Å². The maximum atomic E-state index is 12.8. The maximum absolute atomic E-state index is 12.8. The molecule has 0 saturated carbocycles. The Morgan fingerprint density at radius 2 is 2.04 bits per heavy atom. The van der Waals surface area contributed by atoms with Gasteiger partial charge in [-0.3, -0.25) is 4.79 Å². The average molecular weight is 395 g/mol. The van der Waals surface area contributed by atoms with Gasteiger partial charge in [0.15, 0.2) is 0 Å². The molecule has 2 aliphatic heterocycles. The zero-order valence-corrected chi connectivity index (χ0v) is 17.0. The third-order valence-electron chi connectivity index (χ3n) is 5.17. The molecule has 1 aromatic rings. The van der Waals surface area contributed by atoms with Crippen LogP contribution in [0.1, 0.15) is 45.6 Å². The first kappa shape index (κ1) is 19.8. The maximum Gasteiger partial charge on any atom is 0.410 e. The zero-order chi connectivity index (χ0) is 19.8. The Bertz CT molecular complexity index is 731. The number of ether oxygens (including phenoxy) is 2. The Morgan fingerprint density at radius 3 is 2.70 bits per heavy atom. The second kappa shape index (κ2) is 7.58. The number of methoxy groups -OCH3 is 1. The molecular weight excluding hydrogens is 368 g/mol. The Kier molecular flexibility index (Phi) is 5.56. The predicted octanol–water partition coefficient (Wildman–Crippen LogP) is 3.75. The van der Waals surface area contributed by atoms with Crippen LogP contribution in [-0.2, 0) is 16.1 Å². The second-order valence-electron chi connectivity index (χ2n) is 8.20. The summed E-state index contributed by atoms with van der Waals surface area (Å²) in [4.78, 5) is 27.1. The second-order valence-corrected chi connectivity index (χ2v) is 8.64. The molecule has 27 heavy (non-hydrogen) atoms. The number of hydrogen-bond donors (Lipinski definition) is 1. The average Bonchev–Trinajstić information content (AvgIpc) is 3.16. The highest BCUT2D eigenvalue weighted by Crippen LogP contribution is 2.42. The molecule has 0 spiro atoms. The first-order valence-electron chi connectivity index (χ1n) is 9.31. The minimum atomic E-state index is -0.542. The Labute approximate surface area is 165 Å². The van der Waals surface area contributed by atoms with Crippen LogP contribution in [-0.4, -0.2) is 41.7 Å². The van der Waals surface area contributed by atoms with Gasteiger partial charge in [0.05, 0.1) is 13.0 Å². The summed E-state index contributed by atoms with van der Waals surface area (Å²) in [5.41, 5.74) is 0.283. The van der Waals surface area contributed by atoms with Crippen LogP contribution in [0.15, 0.2) is 18.2 Å². The number of amides is 2. The van der Waals surface area contributed by atoms with Crippen LogP contribution < -0.4 is 10.1 Å². The number of hydrogen-bond acceptors (Lipinski definition) is 4. The Morgan fingerprint density at radius 1 is 1.30 bits per heavy atom. The van der Waals surface area contributed by atoms with E-state index in [0.29, 0.717) is 23.7 Å². The highest BCUT2D eigenvalue weighted by atomic mass is 35.5. The van der Waals surface area contributed by atoms with Crippen molar-refractivity contribution < 1.29 is 19.1 Å². The topological polar surface area (TPSA) is 67.9 Å². The van der Waals surface area contributed by atoms with Crippen LogP contribution in [0.25, 0.3) is 0 Å². The predicted molar refractivity (Wildman–Crippen MR) is 103 cm³/mol. The minimum absolute atomic E-state index is 0.0437. The SMILES string of the molecule is COc1ccc(Cl)cc1CNC(=O)C1CC2CCC1N2C(=O)OC(C)(C)C. The number of fused-ring (bicyclic) bond motifs is 2. The van der Waals surface area contributed by atoms with Crippen LogP contribution in [0.4, 0.5) is 4.79 Å². The number of carbonyl (C=O) groups excluding carboxylic acids is 2. The Hall–Kier alpha value is -1.95. The van der Waals surface area contributed by atoms with Crippen LogP contribution in [0.2, 0.25) is 5.02 Å². The van der Waals surface area contributed by atoms with E-state index in [1.54, 1.807) is 30.2 Å². The van der Waals surface area contributed by atoms with Crippen LogP contribution in [0, 0.1) is 5.92 Å². The monoisotopic (exact) mass is 394 g/mol. The molecule has 3 rings (SSSR count). The molecule has 2 bridgehead atoms. The van der Waals surface area contributed by atoms with Crippen molar-refractivity contribution in [3.05, 3.63) is 28.8 Å². The largest absolute Gasteiger partial charge is 0.496 e. The summed E-state index contributed by atoms with van der Waals surface area (Å²) in [5, 5.41) is 3.57. The van der Waals surface area contributed by atoms with Crippen molar-refractivity contribution in [1.29, 1.82) is 0 Å². The van der Waals surface area contributed by atoms with Gasteiger partial charge in [-0.1, -0.05) is 11.6 Å². The molecule has 2 amide bonds. The molecule has 2 heterocycles. The van der Waals surface area contributed by atoms with Gasteiger partial charge >= 0.3 is 6.09 Å². The van der Waals surface area contributed by atoms with Crippen molar-refractivity contribution in [2.45, 2.75) is 64.3 Å². The van der Waals surface area contributed by atoms with Crippen molar-refractivity contribution in [2.75, 3.05) is 7.11 Å². The van der Waals surface area contributed by atoms with Crippen molar-refractivity contribution in [2.24, 2.45) is 5.92 Å². The van der Waals surface area contributed by atoms with Crippen molar-refractivity contribution in [3.8, 4) is 5.75 Å². The summed E-state index contributed by atoms with van der Waals surface area (Å²) >= 11 is 6.05. The summed E-state index contributed by atoms with van der Waals surface area (Å²) in [6, 6.07) is 5.31. The lowest BCUT2D eigenvalue weighted by molar-refractivity contribution is -0.126. The van der Waals surface area contributed by atoms with E-state index in [1.165, 1.54) is 0 Å². The lowest BCUT2D eigenvalue weighted by Crippen LogP contribution is -2.43. The number of nitrogens with one attached hydrogen (secondary N) is 1. The fraction of sp³-hybridized carbons (Fsp3) is 0.600. The summed E-state index contributed by atoms with van der Waals surface area (Å²) in [6.45, 7) is 5.89. The molecule has 0 aliphatic carbocycles. The molecular formula is C20H27ClN2O4. The number of benzene rings is 1. The van der Waals surface area contributed by atoms with Gasteiger partial charge in [0.25, 0.3) is 0 Å². The van der Waals surface area contributed by atoms with Gasteiger partial charge in [-0.25, -0.2) is 4.79 Å². The molecule has 0 radical (unpaired) electrons. The van der Waals surface area contributed by atoms with Crippen LogP contribution >= 0.6 is 11.6 Å². The number of carbonyl (C=O) groups is 2. The van der Waals surface area contributed by atoms with Gasteiger partial charge < -0.3 is 19.7 Å². The molecule has 2 fully saturated rings. The van der Waals surface area contributed by atoms with Crippen LogP contribution in [0.3, 0.4) is 0 Å². The standard InChI is InChI=1S/C20H27ClN2O4/c1-20(2,3)27-19(25)23-14-6-7-16(23)15(10-14)18(24)22-11-12-9-13(21)5-8-17(12)26-4/h5,8-9,14-16H,6-7,10-11H2,1-4H3,(H,22,24). The van der Waals surface area contributed by atoms with Gasteiger partial charge in [-0.15, -0.1) is 0 Å². The normalized spacial score (nSPS) is 24.0. The highest BCUT2D eigenvalue weighted by Gasteiger charge is 2.52. The molecule has 3 unspecified atom stereocenters. The Balaban J connectivity index is 1.64. The van der Waals surface area contributed by atoms with Gasteiger partial charge in [0, 0.05) is 29.2 Å². The molecule has 0 aromatic heterocycles. The van der Waals surface area contributed by atoms with E-state index in [4.69, 9.17) is 21.1 Å². The van der Waals surface area contributed by atoms with Crippen molar-refractivity contribution in [1.82, 2.24) is 10.2 Å². The van der Waals surface area contributed by atoms with E-state index in [1.807, 2.05) is 20.8 Å². The fourth-order valence-electron chi connectivity index (χ4n) is 4.07. The molecule has 6 nitrogen and oxygen atoms in total. The third-order valence-corrected chi connectivity index (χ3v) is 5.41. The quantitative estimate of drug-likeness (QED) is 0.844. The van der Waals surface area contributed by atoms with Crippen LogP contribution in [0.5, 0.6) is 5.75 Å². The van der Waals surface area contributed by atoms with E-state index in [2.05, 4.69) is 5.32 Å². The molecule has 2 saturated heterocycles. The smallest absolute Gasteiger partial charge is 0.410 e. The molecule has 7 heteroatoms. The lowest BCUT2D eigenvalue weighted by atomic mass is 9.88. The van der Waals surface area contributed by atoms with Gasteiger partial charge in [-0.05, 0) is 58.2 Å². The van der Waals surface area contributed by atoms with E-state index < -0.39 is 5.60 Å². The van der Waals surface area contributed by atoms with E-state index >= 15 is 0 Å². The van der Waals surface area contributed by atoms with Gasteiger partial charge in [0.2, 0.25) is 5.91 Å². The fourth-order valence-corrected chi connectivity index (χ4v) is 4.26. The molecule has 3 atom stereocenters. The zero-order valence-electron chi connectivity index (χ0n) is 16.3. The summed E-state index contributed by atoms with van der Waals surface area (Å²) < 4.78 is 10.9. The van der Waals surface area contributed by atoms with E-state index in [0.717, 1.165) is 18.4 Å². The summed E-state index contributed by atoms with van der Waals surface area (Å²) in [6.07, 6.45) is 2.13. The number of nitrogens with zero attached hydrogens (tertiary/aromatic N) is 1. The van der Waals surface area contributed by atoms with E-state index in [-0.39, 0.29) is 30.0 Å². The van der Waals surface area contributed by atoms with Gasteiger partial charge in [-0.2, -0.15) is 0 Å². The lowest BCUT2D eigenvalue weighted by Gasteiger charge is -2.28. The molecule has 148 valence electrons. The summed E-state index contributed by atoms with van der Waals surface area (Å²) in [5.74, 6) is 0.433. The molecule has 2 aliphatic rings. The molecule has 1 N–H and O–H groups in total. The van der Waals surface area contributed by atoms with Crippen molar-refractivity contribution >= 4 is 23.6 Å². The third kappa shape index (κ3) is 4.32. The highest BCUT2D eigenvalue weighted by molar-refractivity contribution is 6.30. The molecule has 1 aromatic carbocycles. The first-order chi connectivity index (χ1) is 12.7. The number of halogens is 1. The van der Waals surface area contributed by atoms with Gasteiger partial charge in [0.1, 0.15) is 11.4 Å². The first-order valence-corrected chi connectivity index (χ1v) is 9.69.